The van der Waals surface area contributed by atoms with E-state index in [1.54, 1.807) is 7.11 Å². The summed E-state index contributed by atoms with van der Waals surface area (Å²) in [5, 5.41) is 3.01. The van der Waals surface area contributed by atoms with Gasteiger partial charge in [-0.3, -0.25) is 4.79 Å². The molecule has 6 nitrogen and oxygen atoms in total. The van der Waals surface area contributed by atoms with E-state index in [1.165, 1.54) is 10.6 Å². The Morgan fingerprint density at radius 3 is 2.30 bits per heavy atom. The van der Waals surface area contributed by atoms with Crippen molar-refractivity contribution in [3.8, 4) is 5.75 Å². The van der Waals surface area contributed by atoms with Crippen LogP contribution in [0.3, 0.4) is 0 Å². The summed E-state index contributed by atoms with van der Waals surface area (Å²) in [6, 6.07) is 7.48. The molecule has 1 amide bonds. The van der Waals surface area contributed by atoms with Gasteiger partial charge in [-0.15, -0.1) is 0 Å². The number of nitrogens with zero attached hydrogens (tertiary/aromatic N) is 1. The Balaban J connectivity index is 1.89. The van der Waals surface area contributed by atoms with Crippen molar-refractivity contribution in [1.29, 1.82) is 0 Å². The number of piperidine rings is 1. The van der Waals surface area contributed by atoms with Crippen molar-refractivity contribution in [1.82, 2.24) is 9.62 Å². The van der Waals surface area contributed by atoms with Crippen LogP contribution in [-0.4, -0.2) is 45.1 Å². The molecule has 7 heteroatoms. The Kier molecular flexibility index (Phi) is 5.64. The maximum atomic E-state index is 12.4. The van der Waals surface area contributed by atoms with E-state index in [9.17, 15) is 13.2 Å². The molecule has 1 aliphatic rings. The van der Waals surface area contributed by atoms with Gasteiger partial charge >= 0.3 is 0 Å². The molecule has 1 fully saturated rings. The average molecular weight is 340 g/mol. The highest BCUT2D eigenvalue weighted by Crippen LogP contribution is 2.22. The van der Waals surface area contributed by atoms with Crippen molar-refractivity contribution in [2.24, 2.45) is 5.92 Å². The molecule has 128 valence electrons. The molecule has 1 heterocycles. The molecule has 0 radical (unpaired) electrons. The number of carbonyl (C=O) groups excluding carboxylic acids is 1. The van der Waals surface area contributed by atoms with Crippen LogP contribution in [0.25, 0.3) is 0 Å². The second-order valence-electron chi connectivity index (χ2n) is 5.94. The molecule has 2 rings (SSSR count). The number of carbonyl (C=O) groups is 1. The third-order valence-electron chi connectivity index (χ3n) is 4.27. The van der Waals surface area contributed by atoms with Gasteiger partial charge in [-0.2, -0.15) is 0 Å². The van der Waals surface area contributed by atoms with Crippen molar-refractivity contribution >= 4 is 15.9 Å². The maximum Gasteiger partial charge on any atom is 0.223 e. The quantitative estimate of drug-likeness (QED) is 0.882. The van der Waals surface area contributed by atoms with E-state index in [0.29, 0.717) is 25.9 Å². The Bertz CT molecular complexity index is 635. The van der Waals surface area contributed by atoms with E-state index < -0.39 is 10.0 Å². The molecular formula is C16H24N2O4S. The van der Waals surface area contributed by atoms with Crippen molar-refractivity contribution in [2.45, 2.75) is 25.8 Å². The number of nitrogens with one attached hydrogen (secondary N) is 1. The smallest absolute Gasteiger partial charge is 0.223 e. The summed E-state index contributed by atoms with van der Waals surface area (Å²) >= 11 is 0. The number of rotatable bonds is 5. The normalized spacial score (nSPS) is 18.4. The minimum absolute atomic E-state index is 0.0125. The molecule has 1 aliphatic heterocycles. The lowest BCUT2D eigenvalue weighted by Crippen LogP contribution is -2.43. The van der Waals surface area contributed by atoms with Crippen LogP contribution >= 0.6 is 0 Å². The number of benzene rings is 1. The number of methoxy groups -OCH3 is 1. The SMILES string of the molecule is COc1ccc([C@@H](C)NC(=O)C2CCN(S(C)(=O)=O)CC2)cc1. The molecule has 0 saturated carbocycles. The molecule has 1 aromatic carbocycles. The fraction of sp³-hybridized carbons (Fsp3) is 0.562. The first-order valence-corrected chi connectivity index (χ1v) is 9.55. The average Bonchev–Trinajstić information content (AvgIpc) is 2.54. The largest absolute Gasteiger partial charge is 0.497 e. The van der Waals surface area contributed by atoms with Gasteiger partial charge in [0.05, 0.1) is 19.4 Å². The van der Waals surface area contributed by atoms with Crippen LogP contribution in [0.1, 0.15) is 31.4 Å². The number of sulfonamides is 1. The van der Waals surface area contributed by atoms with Gasteiger partial charge in [0.25, 0.3) is 0 Å². The number of hydrogen-bond acceptors (Lipinski definition) is 4. The predicted octanol–water partition coefficient (Wildman–Crippen LogP) is 1.54. The van der Waals surface area contributed by atoms with Crippen LogP contribution in [0.2, 0.25) is 0 Å². The lowest BCUT2D eigenvalue weighted by molar-refractivity contribution is -0.126. The summed E-state index contributed by atoms with van der Waals surface area (Å²) in [6.07, 6.45) is 2.33. The Morgan fingerprint density at radius 1 is 1.26 bits per heavy atom. The Morgan fingerprint density at radius 2 is 1.83 bits per heavy atom. The summed E-state index contributed by atoms with van der Waals surface area (Å²) in [7, 11) is -1.54. The van der Waals surface area contributed by atoms with Gasteiger partial charge in [-0.05, 0) is 37.5 Å². The third kappa shape index (κ3) is 4.68. The second-order valence-corrected chi connectivity index (χ2v) is 7.92. The molecule has 0 spiro atoms. The molecular weight excluding hydrogens is 316 g/mol. The molecule has 0 bridgehead atoms. The van der Waals surface area contributed by atoms with Gasteiger partial charge in [0.15, 0.2) is 0 Å². The van der Waals surface area contributed by atoms with Crippen LogP contribution in [0.4, 0.5) is 0 Å². The van der Waals surface area contributed by atoms with E-state index >= 15 is 0 Å². The van der Waals surface area contributed by atoms with Crippen LogP contribution in [0, 0.1) is 5.92 Å². The van der Waals surface area contributed by atoms with Crippen LogP contribution in [0.5, 0.6) is 5.75 Å². The number of ether oxygens (including phenoxy) is 1. The Hall–Kier alpha value is -1.60. The summed E-state index contributed by atoms with van der Waals surface area (Å²) in [5.41, 5.74) is 1.01. The Labute approximate surface area is 137 Å². The van der Waals surface area contributed by atoms with E-state index in [1.807, 2.05) is 31.2 Å². The van der Waals surface area contributed by atoms with E-state index in [0.717, 1.165) is 11.3 Å². The lowest BCUT2D eigenvalue weighted by Gasteiger charge is -2.30. The monoisotopic (exact) mass is 340 g/mol. The number of hydrogen-bond donors (Lipinski definition) is 1. The van der Waals surface area contributed by atoms with Gasteiger partial charge in [0.2, 0.25) is 15.9 Å². The predicted molar refractivity (Wildman–Crippen MR) is 88.7 cm³/mol. The van der Waals surface area contributed by atoms with Gasteiger partial charge in [-0.1, -0.05) is 12.1 Å². The first-order valence-electron chi connectivity index (χ1n) is 7.70. The lowest BCUT2D eigenvalue weighted by atomic mass is 9.96. The van der Waals surface area contributed by atoms with Crippen LogP contribution in [-0.2, 0) is 14.8 Å². The zero-order valence-electron chi connectivity index (χ0n) is 13.8. The fourth-order valence-electron chi connectivity index (χ4n) is 2.76. The molecule has 0 aliphatic carbocycles. The van der Waals surface area contributed by atoms with Crippen LogP contribution < -0.4 is 10.1 Å². The van der Waals surface area contributed by atoms with Crippen LogP contribution in [0.15, 0.2) is 24.3 Å². The maximum absolute atomic E-state index is 12.4. The summed E-state index contributed by atoms with van der Waals surface area (Å²) in [4.78, 5) is 12.4. The van der Waals surface area contributed by atoms with E-state index in [4.69, 9.17) is 4.74 Å². The molecule has 1 saturated heterocycles. The highest BCUT2D eigenvalue weighted by Gasteiger charge is 2.29. The summed E-state index contributed by atoms with van der Waals surface area (Å²) in [6.45, 7) is 2.76. The molecule has 1 atom stereocenters. The molecule has 1 N–H and O–H groups in total. The van der Waals surface area contributed by atoms with Crippen molar-refractivity contribution in [3.05, 3.63) is 29.8 Å². The van der Waals surface area contributed by atoms with Crippen molar-refractivity contribution < 1.29 is 17.9 Å². The molecule has 23 heavy (non-hydrogen) atoms. The molecule has 1 aromatic rings. The minimum Gasteiger partial charge on any atom is -0.497 e. The zero-order chi connectivity index (χ0) is 17.0. The van der Waals surface area contributed by atoms with Gasteiger partial charge in [0, 0.05) is 19.0 Å². The molecule has 0 aromatic heterocycles. The standard InChI is InChI=1S/C16H24N2O4S/c1-12(13-4-6-15(22-2)7-5-13)17-16(19)14-8-10-18(11-9-14)23(3,20)21/h4-7,12,14H,8-11H2,1-3H3,(H,17,19)/t12-/m1/s1. The third-order valence-corrected chi connectivity index (χ3v) is 5.57. The van der Waals surface area contributed by atoms with Gasteiger partial charge in [-0.25, -0.2) is 12.7 Å². The van der Waals surface area contributed by atoms with Crippen molar-refractivity contribution in [3.63, 3.8) is 0 Å². The first kappa shape index (κ1) is 17.7. The first-order chi connectivity index (χ1) is 10.8. The van der Waals surface area contributed by atoms with E-state index in [2.05, 4.69) is 5.32 Å². The van der Waals surface area contributed by atoms with Gasteiger partial charge in [0.1, 0.15) is 5.75 Å². The minimum atomic E-state index is -3.16. The fourth-order valence-corrected chi connectivity index (χ4v) is 3.63. The van der Waals surface area contributed by atoms with Gasteiger partial charge < -0.3 is 10.1 Å². The number of amides is 1. The zero-order valence-corrected chi connectivity index (χ0v) is 14.6. The highest BCUT2D eigenvalue weighted by molar-refractivity contribution is 7.88. The second kappa shape index (κ2) is 7.31. The molecule has 0 unspecified atom stereocenters. The summed E-state index contributed by atoms with van der Waals surface area (Å²) in [5.74, 6) is 0.635. The topological polar surface area (TPSA) is 75.7 Å². The van der Waals surface area contributed by atoms with E-state index in [-0.39, 0.29) is 17.9 Å². The highest BCUT2D eigenvalue weighted by atomic mass is 32.2. The summed E-state index contributed by atoms with van der Waals surface area (Å²) < 4.78 is 29.5. The van der Waals surface area contributed by atoms with Crippen molar-refractivity contribution in [2.75, 3.05) is 26.5 Å².